The SMILES string of the molecule is C/C(=C(\F)C(=O)Nc1ccc(-c2ccncc2S(C)=O)cc1F)c1ccc2ccnc(N)c2c1. The number of nitrogens with one attached hydrogen (secondary N) is 1. The van der Waals surface area contributed by atoms with Crippen molar-refractivity contribution in [2.75, 3.05) is 17.3 Å². The number of fused-ring (bicyclic) bond motifs is 1. The smallest absolute Gasteiger partial charge is 0.284 e. The third-order valence-electron chi connectivity index (χ3n) is 5.38. The van der Waals surface area contributed by atoms with Gasteiger partial charge in [-0.2, -0.15) is 0 Å². The van der Waals surface area contributed by atoms with Crippen LogP contribution in [0.1, 0.15) is 12.5 Å². The Morgan fingerprint density at radius 1 is 1.09 bits per heavy atom. The highest BCUT2D eigenvalue weighted by Crippen LogP contribution is 2.30. The van der Waals surface area contributed by atoms with Gasteiger partial charge in [-0.15, -0.1) is 0 Å². The third-order valence-corrected chi connectivity index (χ3v) is 6.33. The predicted molar refractivity (Wildman–Crippen MR) is 130 cm³/mol. The molecule has 1 atom stereocenters. The van der Waals surface area contributed by atoms with Gasteiger partial charge in [0.05, 0.1) is 21.4 Å². The van der Waals surface area contributed by atoms with Gasteiger partial charge in [-0.25, -0.2) is 13.8 Å². The zero-order valence-corrected chi connectivity index (χ0v) is 19.1. The van der Waals surface area contributed by atoms with Crippen LogP contribution in [-0.4, -0.2) is 26.3 Å². The molecule has 34 heavy (non-hydrogen) atoms. The van der Waals surface area contributed by atoms with Crippen LogP contribution in [0.4, 0.5) is 20.3 Å². The average molecular weight is 479 g/mol. The Morgan fingerprint density at radius 3 is 2.62 bits per heavy atom. The molecule has 0 fully saturated rings. The molecule has 9 heteroatoms. The average Bonchev–Trinajstić information content (AvgIpc) is 2.84. The van der Waals surface area contributed by atoms with Crippen molar-refractivity contribution in [3.8, 4) is 11.1 Å². The van der Waals surface area contributed by atoms with E-state index in [1.54, 1.807) is 42.6 Å². The Labute approximate surface area is 197 Å². The van der Waals surface area contributed by atoms with E-state index in [4.69, 9.17) is 5.73 Å². The van der Waals surface area contributed by atoms with E-state index in [1.807, 2.05) is 0 Å². The van der Waals surface area contributed by atoms with E-state index >= 15 is 0 Å². The van der Waals surface area contributed by atoms with Gasteiger partial charge in [0.2, 0.25) is 0 Å². The van der Waals surface area contributed by atoms with Gasteiger partial charge < -0.3 is 11.1 Å². The minimum absolute atomic E-state index is 0.0755. The lowest BCUT2D eigenvalue weighted by Crippen LogP contribution is -2.14. The summed E-state index contributed by atoms with van der Waals surface area (Å²) in [7, 11) is -1.32. The molecule has 0 saturated carbocycles. The zero-order valence-electron chi connectivity index (χ0n) is 18.3. The van der Waals surface area contributed by atoms with Crippen LogP contribution in [0.15, 0.2) is 77.8 Å². The van der Waals surface area contributed by atoms with Crippen molar-refractivity contribution in [3.63, 3.8) is 0 Å². The van der Waals surface area contributed by atoms with Crippen LogP contribution >= 0.6 is 0 Å². The van der Waals surface area contributed by atoms with Crippen molar-refractivity contribution < 1.29 is 17.8 Å². The van der Waals surface area contributed by atoms with Crippen LogP contribution in [-0.2, 0) is 15.6 Å². The Morgan fingerprint density at radius 2 is 1.88 bits per heavy atom. The first-order chi connectivity index (χ1) is 16.3. The van der Waals surface area contributed by atoms with Crippen molar-refractivity contribution in [1.82, 2.24) is 9.97 Å². The quantitative estimate of drug-likeness (QED) is 0.389. The van der Waals surface area contributed by atoms with E-state index in [9.17, 15) is 17.8 Å². The lowest BCUT2D eigenvalue weighted by molar-refractivity contribution is -0.114. The molecule has 2 heterocycles. The molecule has 3 N–H and O–H groups in total. The standard InChI is InChI=1S/C25H20F2N4O2S/c1-14(16-4-3-15-7-10-30-24(28)19(15)11-16)23(27)25(32)31-21-6-5-17(12-20(21)26)18-8-9-29-13-22(18)34(2)33/h3-13H,1-2H3,(H2,28,30)(H,31,32)/b23-14+. The van der Waals surface area contributed by atoms with Crippen molar-refractivity contribution in [2.45, 2.75) is 11.8 Å². The van der Waals surface area contributed by atoms with Crippen LogP contribution in [0.3, 0.4) is 0 Å². The summed E-state index contributed by atoms with van der Waals surface area (Å²) in [6.45, 7) is 1.46. The molecule has 0 aliphatic carbocycles. The molecule has 0 bridgehead atoms. The summed E-state index contributed by atoms with van der Waals surface area (Å²) in [5.74, 6) is -2.60. The van der Waals surface area contributed by atoms with Crippen LogP contribution in [0, 0.1) is 5.82 Å². The van der Waals surface area contributed by atoms with Crippen molar-refractivity contribution >= 4 is 44.6 Å². The number of carbonyl (C=O) groups is 1. The van der Waals surface area contributed by atoms with Crippen molar-refractivity contribution in [2.24, 2.45) is 0 Å². The second kappa shape index (κ2) is 9.48. The lowest BCUT2D eigenvalue weighted by atomic mass is 10.0. The zero-order chi connectivity index (χ0) is 24.4. The van der Waals surface area contributed by atoms with Gasteiger partial charge in [0, 0.05) is 35.8 Å². The molecule has 6 nitrogen and oxygen atoms in total. The molecular formula is C25H20F2N4O2S. The first kappa shape index (κ1) is 23.2. The molecular weight excluding hydrogens is 458 g/mol. The molecule has 1 unspecified atom stereocenters. The number of nitrogen functional groups attached to an aromatic ring is 1. The molecule has 2 aromatic carbocycles. The molecule has 0 aliphatic heterocycles. The van der Waals surface area contributed by atoms with E-state index < -0.39 is 28.4 Å². The largest absolute Gasteiger partial charge is 0.383 e. The number of hydrogen-bond donors (Lipinski definition) is 2. The predicted octanol–water partition coefficient (Wildman–Crippen LogP) is 5.09. The molecule has 1 amide bonds. The Bertz CT molecular complexity index is 1490. The molecule has 2 aromatic heterocycles. The van der Waals surface area contributed by atoms with Crippen LogP contribution in [0.2, 0.25) is 0 Å². The summed E-state index contributed by atoms with van der Waals surface area (Å²) in [5, 5.41) is 3.74. The minimum Gasteiger partial charge on any atom is -0.383 e. The van der Waals surface area contributed by atoms with Crippen LogP contribution in [0.5, 0.6) is 0 Å². The number of amides is 1. The van der Waals surface area contributed by atoms with E-state index in [-0.39, 0.29) is 11.3 Å². The molecule has 0 saturated heterocycles. The number of benzene rings is 2. The maximum atomic E-state index is 14.9. The summed E-state index contributed by atoms with van der Waals surface area (Å²) in [4.78, 5) is 20.9. The third kappa shape index (κ3) is 4.55. The van der Waals surface area contributed by atoms with Gasteiger partial charge >= 0.3 is 0 Å². The first-order valence-corrected chi connectivity index (χ1v) is 11.7. The fraction of sp³-hybridized carbons (Fsp3) is 0.0800. The second-order valence-electron chi connectivity index (χ2n) is 7.55. The number of nitrogens with two attached hydrogens (primary N) is 1. The lowest BCUT2D eigenvalue weighted by Gasteiger charge is -2.11. The molecule has 0 aliphatic rings. The normalized spacial score (nSPS) is 12.8. The molecule has 0 spiro atoms. The van der Waals surface area contributed by atoms with Crippen molar-refractivity contribution in [1.29, 1.82) is 0 Å². The summed E-state index contributed by atoms with van der Waals surface area (Å²) >= 11 is 0. The maximum absolute atomic E-state index is 14.9. The summed E-state index contributed by atoms with van der Waals surface area (Å²) < 4.78 is 41.7. The number of aromatic nitrogens is 2. The number of anilines is 2. The summed E-state index contributed by atoms with van der Waals surface area (Å²) in [6.07, 6.45) is 6.05. The second-order valence-corrected chi connectivity index (χ2v) is 8.89. The van der Waals surface area contributed by atoms with E-state index in [2.05, 4.69) is 15.3 Å². The number of rotatable bonds is 5. The monoisotopic (exact) mass is 478 g/mol. The van der Waals surface area contributed by atoms with E-state index in [0.29, 0.717) is 32.8 Å². The van der Waals surface area contributed by atoms with E-state index in [0.717, 1.165) is 5.39 Å². The number of hydrogen-bond acceptors (Lipinski definition) is 5. The fourth-order valence-electron chi connectivity index (χ4n) is 3.53. The number of allylic oxidation sites excluding steroid dienone is 1. The first-order valence-electron chi connectivity index (χ1n) is 10.2. The maximum Gasteiger partial charge on any atom is 0.284 e. The summed E-state index contributed by atoms with van der Waals surface area (Å²) in [5.41, 5.74) is 7.25. The van der Waals surface area contributed by atoms with Crippen molar-refractivity contribution in [3.05, 3.63) is 84.3 Å². The highest BCUT2D eigenvalue weighted by Gasteiger charge is 2.17. The number of pyridine rings is 2. The molecule has 172 valence electrons. The Kier molecular flexibility index (Phi) is 6.47. The Hall–Kier alpha value is -3.98. The molecule has 4 rings (SSSR count). The highest BCUT2D eigenvalue weighted by atomic mass is 32.2. The fourth-order valence-corrected chi connectivity index (χ4v) is 4.23. The van der Waals surface area contributed by atoms with Gasteiger partial charge in [-0.3, -0.25) is 14.0 Å². The number of nitrogens with zero attached hydrogens (tertiary/aromatic N) is 2. The minimum atomic E-state index is -1.32. The topological polar surface area (TPSA) is 98.0 Å². The molecule has 0 radical (unpaired) electrons. The van der Waals surface area contributed by atoms with Gasteiger partial charge in [-0.05, 0) is 59.3 Å². The van der Waals surface area contributed by atoms with E-state index in [1.165, 1.54) is 37.7 Å². The summed E-state index contributed by atoms with van der Waals surface area (Å²) in [6, 6.07) is 12.6. The number of carbonyl (C=O) groups excluding carboxylic acids is 1. The van der Waals surface area contributed by atoms with Crippen LogP contribution < -0.4 is 11.1 Å². The van der Waals surface area contributed by atoms with Crippen LogP contribution in [0.25, 0.3) is 27.5 Å². The Balaban J connectivity index is 1.61. The van der Waals surface area contributed by atoms with Gasteiger partial charge in [0.25, 0.3) is 5.91 Å². The number of halogens is 2. The van der Waals surface area contributed by atoms with Gasteiger partial charge in [0.1, 0.15) is 11.6 Å². The van der Waals surface area contributed by atoms with Gasteiger partial charge in [-0.1, -0.05) is 18.2 Å². The molecule has 4 aromatic rings. The highest BCUT2D eigenvalue weighted by molar-refractivity contribution is 7.84. The van der Waals surface area contributed by atoms with Gasteiger partial charge in [0.15, 0.2) is 5.83 Å².